The molecule has 1 aromatic carbocycles. The van der Waals surface area contributed by atoms with Crippen molar-refractivity contribution in [2.75, 3.05) is 6.54 Å². The second-order valence-electron chi connectivity index (χ2n) is 6.11. The first-order valence-corrected chi connectivity index (χ1v) is 8.21. The zero-order chi connectivity index (χ0) is 16.5. The zero-order valence-corrected chi connectivity index (χ0v) is 13.6. The van der Waals surface area contributed by atoms with Gasteiger partial charge in [0.25, 0.3) is 0 Å². The molecule has 0 aliphatic carbocycles. The van der Waals surface area contributed by atoms with Gasteiger partial charge in [-0.2, -0.15) is 0 Å². The molecule has 1 saturated heterocycles. The number of carbonyl (C=O) groups is 1. The summed E-state index contributed by atoms with van der Waals surface area (Å²) in [6.07, 6.45) is 5.23. The summed E-state index contributed by atoms with van der Waals surface area (Å²) in [5, 5.41) is 0. The number of hydrogen-bond acceptors (Lipinski definition) is 4. The van der Waals surface area contributed by atoms with Gasteiger partial charge < -0.3 is 9.47 Å². The Hall–Kier alpha value is -2.76. The summed E-state index contributed by atoms with van der Waals surface area (Å²) < 4.78 is 1.99. The van der Waals surface area contributed by atoms with E-state index >= 15 is 0 Å². The number of carbonyl (C=O) groups excluding carboxylic acids is 1. The molecular formula is C18H19N5O. The summed E-state index contributed by atoms with van der Waals surface area (Å²) in [6, 6.07) is 9.87. The molecule has 1 aliphatic rings. The quantitative estimate of drug-likeness (QED) is 0.743. The lowest BCUT2D eigenvalue weighted by Crippen LogP contribution is -2.34. The van der Waals surface area contributed by atoms with Crippen LogP contribution in [0.15, 0.2) is 42.9 Å². The summed E-state index contributed by atoms with van der Waals surface area (Å²) in [6.45, 7) is 3.03. The Morgan fingerprint density at radius 3 is 3.00 bits per heavy atom. The van der Waals surface area contributed by atoms with E-state index in [4.69, 9.17) is 0 Å². The van der Waals surface area contributed by atoms with Crippen molar-refractivity contribution in [3.63, 3.8) is 0 Å². The highest BCUT2D eigenvalue weighted by Crippen LogP contribution is 2.31. The Kier molecular flexibility index (Phi) is 3.72. The van der Waals surface area contributed by atoms with E-state index < -0.39 is 0 Å². The van der Waals surface area contributed by atoms with E-state index in [1.165, 1.54) is 0 Å². The molecule has 0 N–H and O–H groups in total. The first-order valence-electron chi connectivity index (χ1n) is 8.21. The van der Waals surface area contributed by atoms with Gasteiger partial charge in [0.2, 0.25) is 5.91 Å². The first-order chi connectivity index (χ1) is 11.7. The van der Waals surface area contributed by atoms with E-state index in [2.05, 4.69) is 15.0 Å². The van der Waals surface area contributed by atoms with Gasteiger partial charge >= 0.3 is 0 Å². The molecule has 0 spiro atoms. The van der Waals surface area contributed by atoms with Crippen LogP contribution in [0.5, 0.6) is 0 Å². The number of likely N-dealkylation sites (tertiary alicyclic amines) is 1. The zero-order valence-electron chi connectivity index (χ0n) is 13.6. The largest absolute Gasteiger partial charge is 0.333 e. The van der Waals surface area contributed by atoms with E-state index in [0.29, 0.717) is 6.54 Å². The van der Waals surface area contributed by atoms with Crippen molar-refractivity contribution in [3.8, 4) is 0 Å². The van der Waals surface area contributed by atoms with E-state index in [0.717, 1.165) is 41.9 Å². The number of nitrogens with zero attached hydrogens (tertiary/aromatic N) is 5. The molecule has 0 radical (unpaired) electrons. The normalized spacial score (nSPS) is 17.5. The van der Waals surface area contributed by atoms with Crippen LogP contribution < -0.4 is 0 Å². The maximum atomic E-state index is 12.9. The lowest BCUT2D eigenvalue weighted by molar-refractivity contribution is -0.132. The number of rotatable bonds is 3. The summed E-state index contributed by atoms with van der Waals surface area (Å²) in [5.74, 6) is 0.977. The Morgan fingerprint density at radius 1 is 1.29 bits per heavy atom. The number of benzene rings is 1. The molecule has 3 aromatic rings. The number of aromatic nitrogens is 4. The van der Waals surface area contributed by atoms with Crippen molar-refractivity contribution in [2.45, 2.75) is 32.4 Å². The summed E-state index contributed by atoms with van der Waals surface area (Å²) in [7, 11) is 0. The van der Waals surface area contributed by atoms with Crippen molar-refractivity contribution in [1.82, 2.24) is 24.4 Å². The monoisotopic (exact) mass is 321 g/mol. The molecule has 2 aromatic heterocycles. The third-order valence-corrected chi connectivity index (χ3v) is 4.66. The molecule has 6 nitrogen and oxygen atoms in total. The van der Waals surface area contributed by atoms with Crippen LogP contribution in [-0.2, 0) is 11.3 Å². The minimum absolute atomic E-state index is 0.0515. The van der Waals surface area contributed by atoms with Crippen LogP contribution in [0.2, 0.25) is 0 Å². The van der Waals surface area contributed by atoms with Crippen molar-refractivity contribution >= 4 is 16.9 Å². The Morgan fingerprint density at radius 2 is 2.17 bits per heavy atom. The fourth-order valence-corrected chi connectivity index (χ4v) is 3.49. The number of aryl methyl sites for hydroxylation is 1. The summed E-state index contributed by atoms with van der Waals surface area (Å²) >= 11 is 0. The maximum Gasteiger partial charge on any atom is 0.243 e. The third kappa shape index (κ3) is 2.54. The summed E-state index contributed by atoms with van der Waals surface area (Å²) in [5.41, 5.74) is 2.85. The Balaban J connectivity index is 1.60. The van der Waals surface area contributed by atoms with Crippen molar-refractivity contribution < 1.29 is 4.79 Å². The van der Waals surface area contributed by atoms with Gasteiger partial charge in [-0.1, -0.05) is 12.1 Å². The SMILES string of the molecule is Cc1nc2ccccc2n1CC(=O)N1CCC[C@@H]1c1ccncn1. The lowest BCUT2D eigenvalue weighted by Gasteiger charge is -2.24. The molecule has 1 aliphatic heterocycles. The lowest BCUT2D eigenvalue weighted by atomic mass is 10.1. The highest BCUT2D eigenvalue weighted by molar-refractivity contribution is 5.81. The second-order valence-corrected chi connectivity index (χ2v) is 6.11. The Bertz CT molecular complexity index is 874. The molecule has 24 heavy (non-hydrogen) atoms. The fourth-order valence-electron chi connectivity index (χ4n) is 3.49. The van der Waals surface area contributed by atoms with E-state index in [9.17, 15) is 4.79 Å². The smallest absolute Gasteiger partial charge is 0.243 e. The van der Waals surface area contributed by atoms with Gasteiger partial charge in [-0.25, -0.2) is 15.0 Å². The van der Waals surface area contributed by atoms with E-state index in [-0.39, 0.29) is 11.9 Å². The molecule has 6 heteroatoms. The number of fused-ring (bicyclic) bond motifs is 1. The first kappa shape index (κ1) is 14.8. The van der Waals surface area contributed by atoms with Crippen molar-refractivity contribution in [3.05, 3.63) is 54.4 Å². The molecule has 0 bridgehead atoms. The number of amides is 1. The highest BCUT2D eigenvalue weighted by atomic mass is 16.2. The predicted octanol–water partition coefficient (Wildman–Crippen LogP) is 2.50. The highest BCUT2D eigenvalue weighted by Gasteiger charge is 2.31. The van der Waals surface area contributed by atoms with Gasteiger partial charge in [0.15, 0.2) is 0 Å². The molecule has 0 unspecified atom stereocenters. The molecule has 122 valence electrons. The minimum atomic E-state index is 0.0515. The van der Waals surface area contributed by atoms with Crippen molar-refractivity contribution in [1.29, 1.82) is 0 Å². The molecule has 1 fully saturated rings. The van der Waals surface area contributed by atoms with Crippen LogP contribution >= 0.6 is 0 Å². The average Bonchev–Trinajstić information content (AvgIpc) is 3.21. The van der Waals surface area contributed by atoms with Crippen LogP contribution in [0.25, 0.3) is 11.0 Å². The molecule has 3 heterocycles. The summed E-state index contributed by atoms with van der Waals surface area (Å²) in [4.78, 5) is 27.7. The number of para-hydroxylation sites is 2. The standard InChI is InChI=1S/C18H19N5O/c1-13-21-15-5-2-3-6-17(15)23(13)11-18(24)22-10-4-7-16(22)14-8-9-19-12-20-14/h2-3,5-6,8-9,12,16H,4,7,10-11H2,1H3/t16-/m1/s1. The van der Waals surface area contributed by atoms with Crippen LogP contribution in [0, 0.1) is 6.92 Å². The molecular weight excluding hydrogens is 302 g/mol. The second kappa shape index (κ2) is 6.03. The van der Waals surface area contributed by atoms with Crippen LogP contribution in [0.3, 0.4) is 0 Å². The van der Waals surface area contributed by atoms with Crippen LogP contribution in [0.1, 0.15) is 30.4 Å². The molecule has 1 atom stereocenters. The number of imidazole rings is 1. The third-order valence-electron chi connectivity index (χ3n) is 4.66. The fraction of sp³-hybridized carbons (Fsp3) is 0.333. The molecule has 0 saturated carbocycles. The molecule has 1 amide bonds. The van der Waals surface area contributed by atoms with Crippen LogP contribution in [0.4, 0.5) is 0 Å². The Labute approximate surface area is 140 Å². The van der Waals surface area contributed by atoms with Gasteiger partial charge in [0.05, 0.1) is 22.8 Å². The van der Waals surface area contributed by atoms with Gasteiger partial charge in [0, 0.05) is 12.7 Å². The van der Waals surface area contributed by atoms with Gasteiger partial charge in [0.1, 0.15) is 18.7 Å². The van der Waals surface area contributed by atoms with E-state index in [1.807, 2.05) is 46.7 Å². The predicted molar refractivity (Wildman–Crippen MR) is 90.2 cm³/mol. The number of hydrogen-bond donors (Lipinski definition) is 0. The maximum absolute atomic E-state index is 12.9. The minimum Gasteiger partial charge on any atom is -0.333 e. The van der Waals surface area contributed by atoms with Gasteiger partial charge in [-0.15, -0.1) is 0 Å². The average molecular weight is 321 g/mol. The molecule has 4 rings (SSSR count). The van der Waals surface area contributed by atoms with E-state index in [1.54, 1.807) is 12.5 Å². The van der Waals surface area contributed by atoms with Gasteiger partial charge in [-0.3, -0.25) is 4.79 Å². The van der Waals surface area contributed by atoms with Gasteiger partial charge in [-0.05, 0) is 38.0 Å². The van der Waals surface area contributed by atoms with Crippen molar-refractivity contribution in [2.24, 2.45) is 0 Å². The van der Waals surface area contributed by atoms with Crippen LogP contribution in [-0.4, -0.2) is 36.9 Å². The topological polar surface area (TPSA) is 63.9 Å².